The Morgan fingerprint density at radius 1 is 1.47 bits per heavy atom. The Hall–Kier alpha value is -0.890. The van der Waals surface area contributed by atoms with Crippen LogP contribution >= 0.6 is 0 Å². The minimum Gasteiger partial charge on any atom is -0.447 e. The second kappa shape index (κ2) is 6.04. The van der Waals surface area contributed by atoms with E-state index in [1.807, 2.05) is 6.92 Å². The van der Waals surface area contributed by atoms with E-state index in [2.05, 4.69) is 4.72 Å². The van der Waals surface area contributed by atoms with Crippen LogP contribution in [0.15, 0.2) is 21.6 Å². The Morgan fingerprint density at radius 2 is 2.26 bits per heavy atom. The zero-order chi connectivity index (χ0) is 13.9. The highest BCUT2D eigenvalue weighted by molar-refractivity contribution is 7.89. The average molecular weight is 288 g/mol. The summed E-state index contributed by atoms with van der Waals surface area (Å²) >= 11 is 0. The van der Waals surface area contributed by atoms with Gasteiger partial charge in [-0.05, 0) is 25.0 Å². The van der Waals surface area contributed by atoms with E-state index in [0.717, 1.165) is 12.8 Å². The highest BCUT2D eigenvalue weighted by atomic mass is 32.2. The van der Waals surface area contributed by atoms with Crippen LogP contribution in [0.5, 0.6) is 0 Å². The molecule has 1 aliphatic heterocycles. The molecule has 1 aromatic rings. The molecule has 6 nitrogen and oxygen atoms in total. The molecule has 2 atom stereocenters. The van der Waals surface area contributed by atoms with Gasteiger partial charge in [0.2, 0.25) is 5.09 Å². The standard InChI is InChI=1S/C12H20N2O4S/c1-2-11-9(5-6-17-11)8-14-19(15,16)12-4-3-10(7-13)18-12/h3-4,9,11,14H,2,5-8,13H2,1H3. The van der Waals surface area contributed by atoms with Crippen LogP contribution in [0.1, 0.15) is 25.5 Å². The lowest BCUT2D eigenvalue weighted by atomic mass is 10.0. The minimum absolute atomic E-state index is 0.0834. The van der Waals surface area contributed by atoms with Crippen molar-refractivity contribution in [1.82, 2.24) is 4.72 Å². The largest absolute Gasteiger partial charge is 0.447 e. The van der Waals surface area contributed by atoms with E-state index in [1.165, 1.54) is 6.07 Å². The lowest BCUT2D eigenvalue weighted by Gasteiger charge is -2.16. The molecule has 108 valence electrons. The van der Waals surface area contributed by atoms with Crippen LogP contribution in [0.2, 0.25) is 0 Å². The third kappa shape index (κ3) is 3.36. The summed E-state index contributed by atoms with van der Waals surface area (Å²) in [5.74, 6) is 0.680. The first-order valence-corrected chi connectivity index (χ1v) is 7.95. The predicted molar refractivity (Wildman–Crippen MR) is 69.9 cm³/mol. The van der Waals surface area contributed by atoms with Crippen LogP contribution in [0.3, 0.4) is 0 Å². The van der Waals surface area contributed by atoms with Crippen molar-refractivity contribution in [3.8, 4) is 0 Å². The van der Waals surface area contributed by atoms with E-state index >= 15 is 0 Å². The number of hydrogen-bond donors (Lipinski definition) is 2. The smallest absolute Gasteiger partial charge is 0.273 e. The molecule has 7 heteroatoms. The van der Waals surface area contributed by atoms with E-state index < -0.39 is 10.0 Å². The first-order valence-electron chi connectivity index (χ1n) is 6.47. The van der Waals surface area contributed by atoms with Gasteiger partial charge in [0.15, 0.2) is 0 Å². The van der Waals surface area contributed by atoms with Crippen LogP contribution in [-0.2, 0) is 21.3 Å². The van der Waals surface area contributed by atoms with Crippen LogP contribution < -0.4 is 10.5 Å². The van der Waals surface area contributed by atoms with Gasteiger partial charge in [-0.25, -0.2) is 13.1 Å². The van der Waals surface area contributed by atoms with E-state index in [0.29, 0.717) is 18.9 Å². The lowest BCUT2D eigenvalue weighted by Crippen LogP contribution is -2.32. The highest BCUT2D eigenvalue weighted by Gasteiger charge is 2.28. The van der Waals surface area contributed by atoms with Gasteiger partial charge in [0.1, 0.15) is 5.76 Å². The van der Waals surface area contributed by atoms with Gasteiger partial charge in [0, 0.05) is 19.1 Å². The molecule has 3 N–H and O–H groups in total. The Bertz CT molecular complexity index is 512. The molecule has 1 aliphatic rings. The normalized spacial score (nSPS) is 23.9. The maximum Gasteiger partial charge on any atom is 0.273 e. The predicted octanol–water partition coefficient (Wildman–Crippen LogP) is 0.832. The second-order valence-electron chi connectivity index (χ2n) is 4.64. The minimum atomic E-state index is -3.60. The van der Waals surface area contributed by atoms with Crippen molar-refractivity contribution in [3.05, 3.63) is 17.9 Å². The van der Waals surface area contributed by atoms with Gasteiger partial charge in [-0.2, -0.15) is 0 Å². The summed E-state index contributed by atoms with van der Waals surface area (Å²) in [7, 11) is -3.60. The molecule has 2 heterocycles. The van der Waals surface area contributed by atoms with Crippen molar-refractivity contribution in [1.29, 1.82) is 0 Å². The van der Waals surface area contributed by atoms with Crippen molar-refractivity contribution in [2.45, 2.75) is 37.5 Å². The van der Waals surface area contributed by atoms with Gasteiger partial charge >= 0.3 is 0 Å². The zero-order valence-corrected chi connectivity index (χ0v) is 11.8. The van der Waals surface area contributed by atoms with Crippen molar-refractivity contribution in [2.75, 3.05) is 13.2 Å². The molecular formula is C12H20N2O4S. The number of nitrogens with two attached hydrogens (primary N) is 1. The molecule has 0 bridgehead atoms. The molecule has 2 rings (SSSR count). The molecule has 0 aromatic carbocycles. The van der Waals surface area contributed by atoms with Gasteiger partial charge in [-0.1, -0.05) is 6.92 Å². The van der Waals surface area contributed by atoms with Crippen molar-refractivity contribution < 1.29 is 17.6 Å². The Morgan fingerprint density at radius 3 is 2.89 bits per heavy atom. The summed E-state index contributed by atoms with van der Waals surface area (Å²) in [4.78, 5) is 0. The summed E-state index contributed by atoms with van der Waals surface area (Å²) in [6.07, 6.45) is 1.91. The first kappa shape index (κ1) is 14.5. The number of rotatable bonds is 6. The van der Waals surface area contributed by atoms with Gasteiger partial charge in [-0.3, -0.25) is 0 Å². The maximum absolute atomic E-state index is 12.0. The number of nitrogens with one attached hydrogen (secondary N) is 1. The van der Waals surface area contributed by atoms with Gasteiger partial charge in [0.05, 0.1) is 12.6 Å². The van der Waals surface area contributed by atoms with Crippen LogP contribution in [0.4, 0.5) is 0 Å². The monoisotopic (exact) mass is 288 g/mol. The Balaban J connectivity index is 1.97. The SMILES string of the molecule is CCC1OCCC1CNS(=O)(=O)c1ccc(CN)o1. The quantitative estimate of drug-likeness (QED) is 0.808. The molecule has 1 aromatic heterocycles. The molecule has 0 aliphatic carbocycles. The molecule has 0 radical (unpaired) electrons. The fourth-order valence-corrected chi connectivity index (χ4v) is 3.32. The molecule has 2 unspecified atom stereocenters. The summed E-state index contributed by atoms with van der Waals surface area (Å²) < 4.78 is 37.3. The van der Waals surface area contributed by atoms with Crippen molar-refractivity contribution >= 4 is 10.0 Å². The number of furan rings is 1. The van der Waals surface area contributed by atoms with Crippen LogP contribution in [-0.4, -0.2) is 27.7 Å². The summed E-state index contributed by atoms with van der Waals surface area (Å²) in [5.41, 5.74) is 5.39. The van der Waals surface area contributed by atoms with Crippen LogP contribution in [0.25, 0.3) is 0 Å². The lowest BCUT2D eigenvalue weighted by molar-refractivity contribution is 0.0884. The third-order valence-electron chi connectivity index (χ3n) is 3.39. The van der Waals surface area contributed by atoms with Crippen molar-refractivity contribution in [2.24, 2.45) is 11.7 Å². The fraction of sp³-hybridized carbons (Fsp3) is 0.667. The second-order valence-corrected chi connectivity index (χ2v) is 6.34. The average Bonchev–Trinajstić information content (AvgIpc) is 3.05. The molecular weight excluding hydrogens is 268 g/mol. The first-order chi connectivity index (χ1) is 9.06. The molecule has 1 saturated heterocycles. The number of sulfonamides is 1. The fourth-order valence-electron chi connectivity index (χ4n) is 2.28. The van der Waals surface area contributed by atoms with Gasteiger partial charge in [-0.15, -0.1) is 0 Å². The topological polar surface area (TPSA) is 94.6 Å². The van der Waals surface area contributed by atoms with E-state index in [-0.39, 0.29) is 23.7 Å². The van der Waals surface area contributed by atoms with E-state index in [9.17, 15) is 8.42 Å². The molecule has 1 fully saturated rings. The van der Waals surface area contributed by atoms with Crippen molar-refractivity contribution in [3.63, 3.8) is 0 Å². The highest BCUT2D eigenvalue weighted by Crippen LogP contribution is 2.23. The van der Waals surface area contributed by atoms with Crippen LogP contribution in [0, 0.1) is 5.92 Å². The summed E-state index contributed by atoms with van der Waals surface area (Å²) in [6.45, 7) is 3.30. The third-order valence-corrected chi connectivity index (χ3v) is 4.68. The molecule has 19 heavy (non-hydrogen) atoms. The van der Waals surface area contributed by atoms with E-state index in [4.69, 9.17) is 14.9 Å². The summed E-state index contributed by atoms with van der Waals surface area (Å²) in [5, 5.41) is -0.0834. The summed E-state index contributed by atoms with van der Waals surface area (Å²) in [6, 6.07) is 3.00. The Kier molecular flexibility index (Phi) is 4.62. The zero-order valence-electron chi connectivity index (χ0n) is 11.0. The molecule has 0 saturated carbocycles. The molecule has 0 spiro atoms. The molecule has 0 amide bonds. The van der Waals surface area contributed by atoms with E-state index in [1.54, 1.807) is 6.07 Å². The van der Waals surface area contributed by atoms with Gasteiger partial charge < -0.3 is 14.9 Å². The Labute approximate surface area is 113 Å². The van der Waals surface area contributed by atoms with Gasteiger partial charge in [0.25, 0.3) is 10.0 Å². The number of ether oxygens (including phenoxy) is 1. The maximum atomic E-state index is 12.0. The number of hydrogen-bond acceptors (Lipinski definition) is 5.